The number of fused-ring (bicyclic) bond motifs is 1. The lowest BCUT2D eigenvalue weighted by atomic mass is 10.1. The van der Waals surface area contributed by atoms with E-state index in [1.165, 1.54) is 10.6 Å². The van der Waals surface area contributed by atoms with E-state index in [4.69, 9.17) is 0 Å². The molecule has 4 aromatic rings. The Kier molecular flexibility index (Phi) is 6.70. The molecule has 1 heterocycles. The van der Waals surface area contributed by atoms with Crippen LogP contribution in [0, 0.1) is 37.8 Å². The third-order valence-electron chi connectivity index (χ3n) is 5.75. The van der Waals surface area contributed by atoms with Crippen LogP contribution in [0.5, 0.6) is 0 Å². The number of nitrogens with one attached hydrogen (secondary N) is 1. The van der Waals surface area contributed by atoms with Gasteiger partial charge < -0.3 is 5.32 Å². The van der Waals surface area contributed by atoms with Gasteiger partial charge in [0.05, 0.1) is 27.3 Å². The van der Waals surface area contributed by atoms with Gasteiger partial charge >= 0.3 is 0 Å². The number of amides is 1. The summed E-state index contributed by atoms with van der Waals surface area (Å²) in [5.74, 6) is -0.518. The van der Waals surface area contributed by atoms with Crippen molar-refractivity contribution in [2.24, 2.45) is 0 Å². The molecule has 0 unspecified atom stereocenters. The second kappa shape index (κ2) is 9.71. The molecule has 8 nitrogen and oxygen atoms in total. The zero-order valence-corrected chi connectivity index (χ0v) is 20.6. The summed E-state index contributed by atoms with van der Waals surface area (Å²) in [6.45, 7) is 7.50. The van der Waals surface area contributed by atoms with E-state index < -0.39 is 10.8 Å². The van der Waals surface area contributed by atoms with E-state index in [-0.39, 0.29) is 22.7 Å². The van der Waals surface area contributed by atoms with Gasteiger partial charge in [0.25, 0.3) is 11.2 Å². The van der Waals surface area contributed by atoms with Gasteiger partial charge in [-0.25, -0.2) is 4.98 Å². The minimum absolute atomic E-state index is 0.0836. The molecule has 1 aromatic heterocycles. The van der Waals surface area contributed by atoms with Gasteiger partial charge in [-0.2, -0.15) is 0 Å². The molecule has 9 heteroatoms. The van der Waals surface area contributed by atoms with Crippen LogP contribution in [0.25, 0.3) is 16.6 Å². The van der Waals surface area contributed by atoms with E-state index in [1.54, 1.807) is 37.3 Å². The normalized spacial score (nSPS) is 11.0. The van der Waals surface area contributed by atoms with Gasteiger partial charge in [0.15, 0.2) is 5.16 Å². The van der Waals surface area contributed by atoms with Crippen molar-refractivity contribution in [3.05, 3.63) is 97.3 Å². The van der Waals surface area contributed by atoms with Gasteiger partial charge in [-0.1, -0.05) is 41.6 Å². The van der Waals surface area contributed by atoms with Crippen molar-refractivity contribution in [2.75, 3.05) is 11.1 Å². The van der Waals surface area contributed by atoms with Crippen molar-refractivity contribution in [2.45, 2.75) is 32.9 Å². The molecule has 0 atom stereocenters. The molecule has 0 saturated heterocycles. The highest BCUT2D eigenvalue weighted by Gasteiger charge is 2.20. The first-order valence-electron chi connectivity index (χ1n) is 10.9. The molecule has 1 amide bonds. The Balaban J connectivity index is 1.69. The number of aromatic nitrogens is 2. The number of para-hydroxylation sites is 1. The van der Waals surface area contributed by atoms with E-state index >= 15 is 0 Å². The summed E-state index contributed by atoms with van der Waals surface area (Å²) in [7, 11) is 0. The molecule has 0 aliphatic heterocycles. The molecule has 178 valence electrons. The van der Waals surface area contributed by atoms with Crippen LogP contribution in [0.2, 0.25) is 0 Å². The highest BCUT2D eigenvalue weighted by Crippen LogP contribution is 2.29. The second-order valence-corrected chi connectivity index (χ2v) is 9.33. The molecule has 0 fully saturated rings. The third-order valence-corrected chi connectivity index (χ3v) is 6.69. The number of rotatable bonds is 6. The molecule has 1 N–H and O–H groups in total. The van der Waals surface area contributed by atoms with Gasteiger partial charge in [0.2, 0.25) is 5.91 Å². The number of nitro benzene ring substituents is 1. The lowest BCUT2D eigenvalue weighted by Gasteiger charge is -2.15. The van der Waals surface area contributed by atoms with Crippen molar-refractivity contribution >= 4 is 39.9 Å². The zero-order chi connectivity index (χ0) is 25.3. The highest BCUT2D eigenvalue weighted by atomic mass is 32.2. The van der Waals surface area contributed by atoms with E-state index in [2.05, 4.69) is 10.3 Å². The summed E-state index contributed by atoms with van der Waals surface area (Å²) in [6.07, 6.45) is 0. The summed E-state index contributed by atoms with van der Waals surface area (Å²) < 4.78 is 1.52. The number of carbonyl (C=O) groups excluding carboxylic acids is 1. The number of carbonyl (C=O) groups is 1. The standard InChI is InChI=1S/C26H24N4O4S/c1-15-9-10-22(18(4)11-15)29-25(32)19-7-5-6-8-20(19)28-26(29)35-14-24(31)27-21-12-16(2)17(3)13-23(21)30(33)34/h5-13H,14H2,1-4H3,(H,27,31). The fraction of sp³-hybridized carbons (Fsp3) is 0.192. The number of nitro groups is 1. The molecule has 3 aromatic carbocycles. The first-order chi connectivity index (χ1) is 16.7. The number of nitrogens with zero attached hydrogens (tertiary/aromatic N) is 3. The lowest BCUT2D eigenvalue weighted by Crippen LogP contribution is -2.23. The molecule has 35 heavy (non-hydrogen) atoms. The van der Waals surface area contributed by atoms with Crippen molar-refractivity contribution in [1.29, 1.82) is 0 Å². The van der Waals surface area contributed by atoms with Crippen molar-refractivity contribution in [1.82, 2.24) is 9.55 Å². The molecule has 0 spiro atoms. The molecule has 0 radical (unpaired) electrons. The van der Waals surface area contributed by atoms with E-state index in [0.29, 0.717) is 21.7 Å². The van der Waals surface area contributed by atoms with Crippen molar-refractivity contribution in [3.63, 3.8) is 0 Å². The lowest BCUT2D eigenvalue weighted by molar-refractivity contribution is -0.384. The summed E-state index contributed by atoms with van der Waals surface area (Å²) in [5.41, 5.74) is 4.54. The molecular formula is C26H24N4O4S. The fourth-order valence-electron chi connectivity index (χ4n) is 3.85. The Hall–Kier alpha value is -3.98. The van der Waals surface area contributed by atoms with Gasteiger partial charge in [-0.3, -0.25) is 24.3 Å². The zero-order valence-electron chi connectivity index (χ0n) is 19.8. The van der Waals surface area contributed by atoms with Crippen LogP contribution in [0.3, 0.4) is 0 Å². The van der Waals surface area contributed by atoms with Crippen molar-refractivity contribution < 1.29 is 9.72 Å². The number of aryl methyl sites for hydroxylation is 4. The molecule has 0 aliphatic rings. The van der Waals surface area contributed by atoms with Crippen LogP contribution in [0.15, 0.2) is 64.5 Å². The molecule has 0 saturated carbocycles. The predicted octanol–water partition coefficient (Wildman–Crippen LogP) is 5.26. The maximum absolute atomic E-state index is 13.4. The van der Waals surface area contributed by atoms with Crippen LogP contribution < -0.4 is 10.9 Å². The van der Waals surface area contributed by atoms with Crippen LogP contribution in [0.1, 0.15) is 22.3 Å². The largest absolute Gasteiger partial charge is 0.320 e. The maximum Gasteiger partial charge on any atom is 0.293 e. The Bertz CT molecular complexity index is 1540. The van der Waals surface area contributed by atoms with Gasteiger partial charge in [0.1, 0.15) is 5.69 Å². The fourth-order valence-corrected chi connectivity index (χ4v) is 4.65. The number of thioether (sulfide) groups is 1. The summed E-state index contributed by atoms with van der Waals surface area (Å²) in [4.78, 5) is 41.9. The first kappa shape index (κ1) is 24.2. The Morgan fingerprint density at radius 2 is 1.74 bits per heavy atom. The van der Waals surface area contributed by atoms with Crippen molar-refractivity contribution in [3.8, 4) is 5.69 Å². The van der Waals surface area contributed by atoms with Crippen LogP contribution in [-0.4, -0.2) is 26.1 Å². The Labute approximate surface area is 206 Å². The quantitative estimate of drug-likeness (QED) is 0.172. The minimum Gasteiger partial charge on any atom is -0.320 e. The van der Waals surface area contributed by atoms with E-state index in [0.717, 1.165) is 34.0 Å². The van der Waals surface area contributed by atoms with Gasteiger partial charge in [0, 0.05) is 6.07 Å². The molecule has 4 rings (SSSR count). The SMILES string of the molecule is Cc1ccc(-n2c(SCC(=O)Nc3cc(C)c(C)cc3[N+](=O)[O-])nc3ccccc3c2=O)c(C)c1. The minimum atomic E-state index is -0.516. The monoisotopic (exact) mass is 488 g/mol. The van der Waals surface area contributed by atoms with Crippen LogP contribution >= 0.6 is 11.8 Å². The summed E-state index contributed by atoms with van der Waals surface area (Å²) in [6, 6.07) is 15.9. The molecule has 0 aliphatic carbocycles. The maximum atomic E-state index is 13.4. The average molecular weight is 489 g/mol. The Morgan fingerprint density at radius 1 is 1.03 bits per heavy atom. The van der Waals surface area contributed by atoms with Gasteiger partial charge in [-0.15, -0.1) is 0 Å². The number of anilines is 1. The smallest absolute Gasteiger partial charge is 0.293 e. The topological polar surface area (TPSA) is 107 Å². The number of hydrogen-bond donors (Lipinski definition) is 1. The third kappa shape index (κ3) is 4.95. The highest BCUT2D eigenvalue weighted by molar-refractivity contribution is 7.99. The summed E-state index contributed by atoms with van der Waals surface area (Å²) in [5, 5.41) is 15.0. The van der Waals surface area contributed by atoms with E-state index in [9.17, 15) is 19.7 Å². The molecule has 0 bridgehead atoms. The number of benzene rings is 3. The van der Waals surface area contributed by atoms with E-state index in [1.807, 2.05) is 39.0 Å². The van der Waals surface area contributed by atoms with Crippen LogP contribution in [-0.2, 0) is 4.79 Å². The number of hydrogen-bond acceptors (Lipinski definition) is 6. The van der Waals surface area contributed by atoms with Crippen LogP contribution in [0.4, 0.5) is 11.4 Å². The average Bonchev–Trinajstić information content (AvgIpc) is 2.80. The predicted molar refractivity (Wildman–Crippen MR) is 139 cm³/mol. The summed E-state index contributed by atoms with van der Waals surface area (Å²) >= 11 is 1.10. The second-order valence-electron chi connectivity index (χ2n) is 8.39. The first-order valence-corrected chi connectivity index (χ1v) is 11.9. The molecular weight excluding hydrogens is 464 g/mol. The van der Waals surface area contributed by atoms with Gasteiger partial charge in [-0.05, 0) is 68.7 Å². The Morgan fingerprint density at radius 3 is 2.46 bits per heavy atom.